The minimum atomic E-state index is -0.745. The van der Waals surface area contributed by atoms with Crippen LogP contribution in [0.1, 0.15) is 38.7 Å². The van der Waals surface area contributed by atoms with Crippen molar-refractivity contribution < 1.29 is 23.9 Å². The fourth-order valence-electron chi connectivity index (χ4n) is 2.77. The smallest absolute Gasteiger partial charge is 0.328 e. The number of carbonyl (C=O) groups is 3. The summed E-state index contributed by atoms with van der Waals surface area (Å²) in [5.41, 5.74) is 0.285. The molecule has 0 radical (unpaired) electrons. The highest BCUT2D eigenvalue weighted by Gasteiger charge is 2.52. The summed E-state index contributed by atoms with van der Waals surface area (Å²) >= 11 is 0. The SMILES string of the molecule is CC[C@@H](C)[C@H](NC(=O)COC(=O)C1(c2ccccc2)CC1)C(=O)OC. The van der Waals surface area contributed by atoms with E-state index >= 15 is 0 Å². The summed E-state index contributed by atoms with van der Waals surface area (Å²) in [4.78, 5) is 36.3. The number of carbonyl (C=O) groups excluding carboxylic acids is 3. The molecule has 0 aliphatic heterocycles. The van der Waals surface area contributed by atoms with E-state index in [-0.39, 0.29) is 5.92 Å². The minimum Gasteiger partial charge on any atom is -0.467 e. The number of rotatable bonds is 8. The monoisotopic (exact) mass is 347 g/mol. The highest BCUT2D eigenvalue weighted by atomic mass is 16.5. The highest BCUT2D eigenvalue weighted by molar-refractivity contribution is 5.90. The first-order valence-electron chi connectivity index (χ1n) is 8.54. The average Bonchev–Trinajstić information content (AvgIpc) is 3.45. The van der Waals surface area contributed by atoms with E-state index < -0.39 is 35.9 Å². The standard InChI is InChI=1S/C19H25NO5/c1-4-13(2)16(17(22)24-3)20-15(21)12-25-18(23)19(10-11-19)14-8-6-5-7-9-14/h5-9,13,16H,4,10-12H2,1-3H3,(H,20,21)/t13-,16+/m1/s1. The molecule has 1 fully saturated rings. The summed E-state index contributed by atoms with van der Waals surface area (Å²) in [7, 11) is 1.28. The molecular weight excluding hydrogens is 322 g/mol. The zero-order chi connectivity index (χ0) is 18.4. The molecule has 0 heterocycles. The second kappa shape index (κ2) is 8.14. The van der Waals surface area contributed by atoms with Crippen molar-refractivity contribution in [3.63, 3.8) is 0 Å². The molecule has 136 valence electrons. The van der Waals surface area contributed by atoms with Gasteiger partial charge < -0.3 is 14.8 Å². The van der Waals surface area contributed by atoms with Gasteiger partial charge >= 0.3 is 11.9 Å². The molecule has 6 nitrogen and oxygen atoms in total. The van der Waals surface area contributed by atoms with Crippen LogP contribution in [-0.4, -0.2) is 37.6 Å². The molecule has 1 aliphatic rings. The Morgan fingerprint density at radius 2 is 1.84 bits per heavy atom. The summed E-state index contributed by atoms with van der Waals surface area (Å²) in [6.07, 6.45) is 2.14. The Balaban J connectivity index is 1.91. The van der Waals surface area contributed by atoms with Crippen molar-refractivity contribution in [3.8, 4) is 0 Å². The van der Waals surface area contributed by atoms with E-state index in [0.717, 1.165) is 18.4 Å². The van der Waals surface area contributed by atoms with Gasteiger partial charge in [0.25, 0.3) is 5.91 Å². The van der Waals surface area contributed by atoms with Crippen LogP contribution in [-0.2, 0) is 29.3 Å². The average molecular weight is 347 g/mol. The summed E-state index contributed by atoms with van der Waals surface area (Å²) in [6, 6.07) is 8.69. The molecule has 1 saturated carbocycles. The Hall–Kier alpha value is -2.37. The molecule has 1 aromatic rings. The first-order chi connectivity index (χ1) is 11.9. The number of hydrogen-bond acceptors (Lipinski definition) is 5. The molecule has 0 saturated heterocycles. The molecule has 6 heteroatoms. The first-order valence-corrected chi connectivity index (χ1v) is 8.54. The van der Waals surface area contributed by atoms with E-state index in [1.807, 2.05) is 44.2 Å². The molecule has 25 heavy (non-hydrogen) atoms. The second-order valence-electron chi connectivity index (χ2n) is 6.48. The maximum Gasteiger partial charge on any atom is 0.328 e. The zero-order valence-electron chi connectivity index (χ0n) is 14.9. The van der Waals surface area contributed by atoms with Crippen molar-refractivity contribution in [3.05, 3.63) is 35.9 Å². The number of nitrogens with one attached hydrogen (secondary N) is 1. The molecule has 0 spiro atoms. The van der Waals surface area contributed by atoms with E-state index in [1.165, 1.54) is 7.11 Å². The van der Waals surface area contributed by atoms with Crippen LogP contribution in [0.25, 0.3) is 0 Å². The topological polar surface area (TPSA) is 81.7 Å². The molecule has 1 N–H and O–H groups in total. The Kier molecular flexibility index (Phi) is 6.17. The van der Waals surface area contributed by atoms with Gasteiger partial charge in [-0.1, -0.05) is 50.6 Å². The van der Waals surface area contributed by atoms with Crippen LogP contribution in [0.15, 0.2) is 30.3 Å². The molecule has 1 aliphatic carbocycles. The van der Waals surface area contributed by atoms with Gasteiger partial charge in [0.2, 0.25) is 0 Å². The van der Waals surface area contributed by atoms with Gasteiger partial charge in [-0.3, -0.25) is 9.59 Å². The molecule has 1 amide bonds. The van der Waals surface area contributed by atoms with Crippen molar-refractivity contribution in [2.24, 2.45) is 5.92 Å². The maximum absolute atomic E-state index is 12.4. The largest absolute Gasteiger partial charge is 0.467 e. The lowest BCUT2D eigenvalue weighted by Crippen LogP contribution is -2.47. The van der Waals surface area contributed by atoms with Gasteiger partial charge in [-0.05, 0) is 24.3 Å². The Morgan fingerprint density at radius 1 is 1.20 bits per heavy atom. The van der Waals surface area contributed by atoms with Crippen LogP contribution in [0.3, 0.4) is 0 Å². The van der Waals surface area contributed by atoms with Crippen LogP contribution in [0, 0.1) is 5.92 Å². The maximum atomic E-state index is 12.4. The predicted molar refractivity (Wildman–Crippen MR) is 91.7 cm³/mol. The summed E-state index contributed by atoms with van der Waals surface area (Å²) in [5.74, 6) is -1.48. The normalized spacial score (nSPS) is 17.1. The van der Waals surface area contributed by atoms with Crippen molar-refractivity contribution in [1.29, 1.82) is 0 Å². The highest BCUT2D eigenvalue weighted by Crippen LogP contribution is 2.49. The van der Waals surface area contributed by atoms with Crippen molar-refractivity contribution >= 4 is 17.8 Å². The predicted octanol–water partition coefficient (Wildman–Crippen LogP) is 1.97. The van der Waals surface area contributed by atoms with E-state index in [0.29, 0.717) is 6.42 Å². The number of esters is 2. The number of amides is 1. The van der Waals surface area contributed by atoms with E-state index in [4.69, 9.17) is 9.47 Å². The van der Waals surface area contributed by atoms with Crippen LogP contribution < -0.4 is 5.32 Å². The van der Waals surface area contributed by atoms with Crippen LogP contribution in [0.2, 0.25) is 0 Å². The number of ether oxygens (including phenoxy) is 2. The van der Waals surface area contributed by atoms with Crippen LogP contribution >= 0.6 is 0 Å². The molecule has 1 aromatic carbocycles. The first kappa shape index (κ1) is 19.0. The molecular formula is C19H25NO5. The molecule has 0 bridgehead atoms. The van der Waals surface area contributed by atoms with Crippen molar-refractivity contribution in [2.45, 2.75) is 44.6 Å². The summed E-state index contributed by atoms with van der Waals surface area (Å²) in [5, 5.41) is 2.59. The van der Waals surface area contributed by atoms with Gasteiger partial charge in [0.1, 0.15) is 6.04 Å². The number of hydrogen-bond donors (Lipinski definition) is 1. The van der Waals surface area contributed by atoms with Gasteiger partial charge in [-0.2, -0.15) is 0 Å². The minimum absolute atomic E-state index is 0.0776. The van der Waals surface area contributed by atoms with Gasteiger partial charge in [-0.15, -0.1) is 0 Å². The van der Waals surface area contributed by atoms with E-state index in [9.17, 15) is 14.4 Å². The molecule has 2 atom stereocenters. The lowest BCUT2D eigenvalue weighted by molar-refractivity contribution is -0.152. The number of benzene rings is 1. The third-order valence-corrected chi connectivity index (χ3v) is 4.79. The van der Waals surface area contributed by atoms with Crippen molar-refractivity contribution in [1.82, 2.24) is 5.32 Å². The number of methoxy groups -OCH3 is 1. The molecule has 0 unspecified atom stereocenters. The zero-order valence-corrected chi connectivity index (χ0v) is 14.9. The third-order valence-electron chi connectivity index (χ3n) is 4.79. The fourth-order valence-corrected chi connectivity index (χ4v) is 2.77. The van der Waals surface area contributed by atoms with E-state index in [2.05, 4.69) is 5.32 Å². The van der Waals surface area contributed by atoms with E-state index in [1.54, 1.807) is 0 Å². The molecule has 0 aromatic heterocycles. The molecule has 2 rings (SSSR count). The van der Waals surface area contributed by atoms with Gasteiger partial charge in [-0.25, -0.2) is 4.79 Å². The Labute approximate surface area is 147 Å². The summed E-state index contributed by atoms with van der Waals surface area (Å²) in [6.45, 7) is 3.36. The quantitative estimate of drug-likeness (QED) is 0.727. The summed E-state index contributed by atoms with van der Waals surface area (Å²) < 4.78 is 9.93. The lowest BCUT2D eigenvalue weighted by atomic mass is 9.96. The van der Waals surface area contributed by atoms with Crippen molar-refractivity contribution in [2.75, 3.05) is 13.7 Å². The Morgan fingerprint density at radius 3 is 2.36 bits per heavy atom. The fraction of sp³-hybridized carbons (Fsp3) is 0.526. The van der Waals surface area contributed by atoms with Crippen LogP contribution in [0.5, 0.6) is 0 Å². The van der Waals surface area contributed by atoms with Gasteiger partial charge in [0, 0.05) is 0 Å². The lowest BCUT2D eigenvalue weighted by Gasteiger charge is -2.22. The Bertz CT molecular complexity index is 624. The van der Waals surface area contributed by atoms with Gasteiger partial charge in [0.15, 0.2) is 6.61 Å². The third kappa shape index (κ3) is 4.38. The van der Waals surface area contributed by atoms with Gasteiger partial charge in [0.05, 0.1) is 12.5 Å². The second-order valence-corrected chi connectivity index (χ2v) is 6.48. The van der Waals surface area contributed by atoms with Crippen LogP contribution in [0.4, 0.5) is 0 Å².